The third-order valence-electron chi connectivity index (χ3n) is 8.58. The van der Waals surface area contributed by atoms with Crippen molar-refractivity contribution in [1.82, 2.24) is 19.6 Å². The molecule has 0 aromatic heterocycles. The topological polar surface area (TPSA) is 84.2 Å². The number of carboxylic acid groups (broad SMARTS) is 1. The van der Waals surface area contributed by atoms with Crippen molar-refractivity contribution in [3.63, 3.8) is 0 Å². The van der Waals surface area contributed by atoms with Gasteiger partial charge in [0.1, 0.15) is 12.1 Å². The van der Waals surface area contributed by atoms with Gasteiger partial charge < -0.3 is 19.8 Å². The number of carbonyl (C=O) groups excluding carboxylic acids is 2. The number of rotatable bonds is 8. The highest BCUT2D eigenvalue weighted by Gasteiger charge is 2.56. The van der Waals surface area contributed by atoms with Crippen LogP contribution in [0.3, 0.4) is 0 Å². The van der Waals surface area contributed by atoms with Gasteiger partial charge in [-0.2, -0.15) is 0 Å². The van der Waals surface area contributed by atoms with Gasteiger partial charge in [-0.25, -0.2) is 9.59 Å². The standard InChI is InChI=1S/C34H40N4O4/c1-25(2)30(32(40)41)35(3)33(42)37-21-13-20-36(22-23-37)31(39)29-24-38(29)34(26-14-7-4-8-15-26,27-16-9-5-10-17-27)28-18-11-6-12-19-28/h4-12,14-19,25,29-30H,13,20-24H2,1-3H3,(H,40,41)/t29-,30-,38?/m0/s1. The molecule has 0 spiro atoms. The lowest BCUT2D eigenvalue weighted by Gasteiger charge is -2.38. The van der Waals surface area contributed by atoms with Crippen molar-refractivity contribution in [1.29, 1.82) is 0 Å². The van der Waals surface area contributed by atoms with Crippen LogP contribution in [0.15, 0.2) is 91.0 Å². The molecule has 42 heavy (non-hydrogen) atoms. The van der Waals surface area contributed by atoms with Crippen LogP contribution in [0.5, 0.6) is 0 Å². The van der Waals surface area contributed by atoms with Crippen LogP contribution in [-0.4, -0.2) is 94.5 Å². The van der Waals surface area contributed by atoms with Crippen molar-refractivity contribution >= 4 is 17.9 Å². The zero-order valence-corrected chi connectivity index (χ0v) is 24.6. The number of carbonyl (C=O) groups is 3. The third-order valence-corrected chi connectivity index (χ3v) is 8.58. The quantitative estimate of drug-likeness (QED) is 0.323. The van der Waals surface area contributed by atoms with E-state index >= 15 is 0 Å². The Morgan fingerprint density at radius 2 is 1.21 bits per heavy atom. The van der Waals surface area contributed by atoms with Crippen molar-refractivity contribution < 1.29 is 19.5 Å². The van der Waals surface area contributed by atoms with Crippen LogP contribution < -0.4 is 0 Å². The molecule has 3 amide bonds. The summed E-state index contributed by atoms with van der Waals surface area (Å²) in [6, 6.07) is 29.6. The second-order valence-electron chi connectivity index (χ2n) is 11.6. The third kappa shape index (κ3) is 5.51. The minimum atomic E-state index is -1.01. The summed E-state index contributed by atoms with van der Waals surface area (Å²) in [7, 11) is 1.55. The Labute approximate surface area is 248 Å². The Morgan fingerprint density at radius 1 is 0.762 bits per heavy atom. The summed E-state index contributed by atoms with van der Waals surface area (Å²) in [5.74, 6) is -1.17. The predicted octanol–water partition coefficient (Wildman–Crippen LogP) is 4.36. The summed E-state index contributed by atoms with van der Waals surface area (Å²) in [5, 5.41) is 9.67. The van der Waals surface area contributed by atoms with Crippen LogP contribution in [0.25, 0.3) is 0 Å². The largest absolute Gasteiger partial charge is 0.480 e. The van der Waals surface area contributed by atoms with Crippen molar-refractivity contribution in [2.24, 2.45) is 5.92 Å². The maximum Gasteiger partial charge on any atom is 0.326 e. The number of hydrogen-bond donors (Lipinski definition) is 1. The maximum absolute atomic E-state index is 14.1. The average molecular weight is 569 g/mol. The van der Waals surface area contributed by atoms with Gasteiger partial charge in [0.25, 0.3) is 0 Å². The van der Waals surface area contributed by atoms with E-state index in [4.69, 9.17) is 0 Å². The maximum atomic E-state index is 14.1. The number of nitrogens with zero attached hydrogens (tertiary/aromatic N) is 4. The normalized spacial score (nSPS) is 19.6. The van der Waals surface area contributed by atoms with Crippen LogP contribution in [0.2, 0.25) is 0 Å². The van der Waals surface area contributed by atoms with E-state index in [9.17, 15) is 19.5 Å². The van der Waals surface area contributed by atoms with E-state index in [0.717, 1.165) is 16.7 Å². The van der Waals surface area contributed by atoms with Crippen LogP contribution in [0.4, 0.5) is 4.79 Å². The Morgan fingerprint density at radius 3 is 1.67 bits per heavy atom. The first-order valence-electron chi connectivity index (χ1n) is 14.7. The van der Waals surface area contributed by atoms with Gasteiger partial charge in [-0.05, 0) is 29.0 Å². The van der Waals surface area contributed by atoms with E-state index in [1.807, 2.05) is 59.5 Å². The van der Waals surface area contributed by atoms with E-state index in [1.54, 1.807) is 25.8 Å². The highest BCUT2D eigenvalue weighted by atomic mass is 16.4. The summed E-state index contributed by atoms with van der Waals surface area (Å²) in [6.07, 6.45) is 0.638. The fourth-order valence-electron chi connectivity index (χ4n) is 6.54. The molecule has 5 rings (SSSR count). The second kappa shape index (κ2) is 12.4. The van der Waals surface area contributed by atoms with Crippen molar-refractivity contribution in [2.75, 3.05) is 39.8 Å². The molecule has 0 saturated carbocycles. The Balaban J connectivity index is 1.38. The molecular formula is C34H40N4O4. The number of carboxylic acids is 1. The second-order valence-corrected chi connectivity index (χ2v) is 11.6. The van der Waals surface area contributed by atoms with E-state index in [-0.39, 0.29) is 23.9 Å². The summed E-state index contributed by atoms with van der Waals surface area (Å²) in [4.78, 5) is 46.3. The lowest BCUT2D eigenvalue weighted by atomic mass is 9.76. The van der Waals surface area contributed by atoms with Gasteiger partial charge in [-0.1, -0.05) is 105 Å². The molecule has 0 aliphatic carbocycles. The average Bonchev–Trinajstić information content (AvgIpc) is 3.83. The van der Waals surface area contributed by atoms with E-state index in [2.05, 4.69) is 41.3 Å². The van der Waals surface area contributed by atoms with Gasteiger partial charge >= 0.3 is 12.0 Å². The lowest BCUT2D eigenvalue weighted by molar-refractivity contribution is -0.143. The summed E-state index contributed by atoms with van der Waals surface area (Å²) in [6.45, 7) is 6.03. The highest BCUT2D eigenvalue weighted by Crippen LogP contribution is 2.48. The monoisotopic (exact) mass is 568 g/mol. The number of aliphatic carboxylic acids is 1. The zero-order valence-electron chi connectivity index (χ0n) is 24.6. The molecule has 1 N–H and O–H groups in total. The predicted molar refractivity (Wildman–Crippen MR) is 162 cm³/mol. The summed E-state index contributed by atoms with van der Waals surface area (Å²) < 4.78 is 0. The van der Waals surface area contributed by atoms with Crippen molar-refractivity contribution in [2.45, 2.75) is 37.9 Å². The minimum absolute atomic E-state index is 0.0652. The van der Waals surface area contributed by atoms with E-state index in [0.29, 0.717) is 39.1 Å². The molecular weight excluding hydrogens is 528 g/mol. The van der Waals surface area contributed by atoms with E-state index in [1.165, 1.54) is 4.90 Å². The molecule has 0 radical (unpaired) electrons. The molecule has 8 heteroatoms. The van der Waals surface area contributed by atoms with Crippen LogP contribution in [0, 0.1) is 5.92 Å². The molecule has 2 aliphatic heterocycles. The lowest BCUT2D eigenvalue weighted by Crippen LogP contribution is -2.52. The molecule has 1 unspecified atom stereocenters. The fourth-order valence-corrected chi connectivity index (χ4v) is 6.54. The van der Waals surface area contributed by atoms with Crippen molar-refractivity contribution in [3.05, 3.63) is 108 Å². The first-order valence-corrected chi connectivity index (χ1v) is 14.7. The molecule has 2 aliphatic rings. The summed E-state index contributed by atoms with van der Waals surface area (Å²) >= 11 is 0. The summed E-state index contributed by atoms with van der Waals surface area (Å²) in [5.41, 5.74) is 2.67. The number of hydrogen-bond acceptors (Lipinski definition) is 4. The van der Waals surface area contributed by atoms with Gasteiger partial charge in [0.2, 0.25) is 5.91 Å². The molecule has 0 bridgehead atoms. The minimum Gasteiger partial charge on any atom is -0.480 e. The number of amides is 3. The SMILES string of the molecule is CC(C)[C@@H](C(=O)O)N(C)C(=O)N1CCCN(C(=O)[C@@H]2CN2C(c2ccccc2)(c2ccccc2)c2ccccc2)CC1. The van der Waals surface area contributed by atoms with Gasteiger partial charge in [0.05, 0.1) is 5.54 Å². The molecule has 8 nitrogen and oxygen atoms in total. The Bertz CT molecular complexity index is 1290. The Kier molecular flexibility index (Phi) is 8.64. The van der Waals surface area contributed by atoms with Crippen molar-refractivity contribution in [3.8, 4) is 0 Å². The first-order chi connectivity index (χ1) is 20.3. The van der Waals surface area contributed by atoms with Crippen LogP contribution >= 0.6 is 0 Å². The van der Waals surface area contributed by atoms with Gasteiger partial charge in [-0.3, -0.25) is 9.69 Å². The first kappa shape index (κ1) is 29.3. The van der Waals surface area contributed by atoms with E-state index < -0.39 is 17.6 Å². The van der Waals surface area contributed by atoms with Gasteiger partial charge in [0.15, 0.2) is 0 Å². The smallest absolute Gasteiger partial charge is 0.326 e. The van der Waals surface area contributed by atoms with Gasteiger partial charge in [-0.15, -0.1) is 0 Å². The molecule has 2 fully saturated rings. The number of urea groups is 1. The highest BCUT2D eigenvalue weighted by molar-refractivity contribution is 5.86. The number of likely N-dealkylation sites (N-methyl/N-ethyl adjacent to an activating group) is 1. The number of benzene rings is 3. The molecule has 3 aromatic rings. The van der Waals surface area contributed by atoms with Gasteiger partial charge in [0, 0.05) is 39.8 Å². The molecule has 220 valence electrons. The Hall–Kier alpha value is -4.17. The molecule has 2 saturated heterocycles. The molecule has 2 heterocycles. The fraction of sp³-hybridized carbons (Fsp3) is 0.382. The zero-order chi connectivity index (χ0) is 29.9. The molecule has 3 aromatic carbocycles. The van der Waals surface area contributed by atoms with Crippen LogP contribution in [-0.2, 0) is 15.1 Å². The molecule has 3 atom stereocenters. The van der Waals surface area contributed by atoms with Crippen LogP contribution in [0.1, 0.15) is 37.0 Å².